The third-order valence-corrected chi connectivity index (χ3v) is 3.33. The first kappa shape index (κ1) is 13.9. The van der Waals surface area contributed by atoms with Crippen molar-refractivity contribution in [2.75, 3.05) is 0 Å². The Balaban J connectivity index is 2.44. The lowest BCUT2D eigenvalue weighted by Gasteiger charge is -2.18. The lowest BCUT2D eigenvalue weighted by Crippen LogP contribution is -2.29. The second kappa shape index (κ2) is 7.23. The van der Waals surface area contributed by atoms with E-state index in [1.807, 2.05) is 44.2 Å². The van der Waals surface area contributed by atoms with E-state index in [-0.39, 0.29) is 11.7 Å². The summed E-state index contributed by atoms with van der Waals surface area (Å²) in [6.45, 7) is 4.03. The molecule has 1 unspecified atom stereocenters. The highest BCUT2D eigenvalue weighted by atomic mass is 16.3. The summed E-state index contributed by atoms with van der Waals surface area (Å²) in [6, 6.07) is 9.92. The Morgan fingerprint density at radius 1 is 1.18 bits per heavy atom. The van der Waals surface area contributed by atoms with Crippen LogP contribution >= 0.6 is 0 Å². The van der Waals surface area contributed by atoms with Crippen LogP contribution in [0.4, 0.5) is 0 Å². The second-order valence-electron chi connectivity index (χ2n) is 4.47. The summed E-state index contributed by atoms with van der Waals surface area (Å²) < 4.78 is 0. The van der Waals surface area contributed by atoms with E-state index in [1.165, 1.54) is 0 Å². The number of ketones is 1. The standard InChI is InChI=1S/C15H22O2/c1-3-13(4-2)15(17)14(16)11-10-12-8-6-5-7-9-12/h5-9,13,15,17H,3-4,10-11H2,1-2H3. The number of hydrogen-bond acceptors (Lipinski definition) is 2. The lowest BCUT2D eigenvalue weighted by molar-refractivity contribution is -0.129. The van der Waals surface area contributed by atoms with Gasteiger partial charge in [-0.25, -0.2) is 0 Å². The van der Waals surface area contributed by atoms with Gasteiger partial charge in [0, 0.05) is 6.42 Å². The molecule has 1 atom stereocenters. The van der Waals surface area contributed by atoms with Gasteiger partial charge in [-0.3, -0.25) is 4.79 Å². The molecule has 0 bridgehead atoms. The number of Topliss-reactive ketones (excluding diaryl/α,β-unsaturated/α-hetero) is 1. The molecule has 0 fully saturated rings. The smallest absolute Gasteiger partial charge is 0.161 e. The van der Waals surface area contributed by atoms with Crippen LogP contribution in [-0.4, -0.2) is 17.0 Å². The summed E-state index contributed by atoms with van der Waals surface area (Å²) in [5.41, 5.74) is 1.15. The third-order valence-electron chi connectivity index (χ3n) is 3.33. The zero-order valence-corrected chi connectivity index (χ0v) is 10.7. The molecule has 0 amide bonds. The van der Waals surface area contributed by atoms with E-state index in [0.29, 0.717) is 6.42 Å². The SMILES string of the molecule is CCC(CC)C(O)C(=O)CCc1ccccc1. The van der Waals surface area contributed by atoms with Gasteiger partial charge in [-0.15, -0.1) is 0 Å². The van der Waals surface area contributed by atoms with E-state index in [4.69, 9.17) is 0 Å². The summed E-state index contributed by atoms with van der Waals surface area (Å²) in [5, 5.41) is 9.91. The molecule has 1 N–H and O–H groups in total. The molecule has 17 heavy (non-hydrogen) atoms. The number of benzene rings is 1. The van der Waals surface area contributed by atoms with Crippen molar-refractivity contribution in [1.29, 1.82) is 0 Å². The maximum Gasteiger partial charge on any atom is 0.161 e. The largest absolute Gasteiger partial charge is 0.385 e. The van der Waals surface area contributed by atoms with Gasteiger partial charge in [-0.2, -0.15) is 0 Å². The molecule has 94 valence electrons. The summed E-state index contributed by atoms with van der Waals surface area (Å²) in [7, 11) is 0. The number of carbonyl (C=O) groups excluding carboxylic acids is 1. The van der Waals surface area contributed by atoms with Gasteiger partial charge in [0.25, 0.3) is 0 Å². The van der Waals surface area contributed by atoms with Crippen molar-refractivity contribution in [1.82, 2.24) is 0 Å². The van der Waals surface area contributed by atoms with Gasteiger partial charge in [0.2, 0.25) is 0 Å². The molecule has 1 aromatic carbocycles. The van der Waals surface area contributed by atoms with Crippen LogP contribution in [0.1, 0.15) is 38.7 Å². The molecule has 0 spiro atoms. The third kappa shape index (κ3) is 4.31. The zero-order valence-electron chi connectivity index (χ0n) is 10.7. The van der Waals surface area contributed by atoms with Crippen LogP contribution in [0.2, 0.25) is 0 Å². The van der Waals surface area contributed by atoms with Crippen molar-refractivity contribution in [3.8, 4) is 0 Å². The maximum absolute atomic E-state index is 11.8. The molecule has 0 aliphatic heterocycles. The Bertz CT molecular complexity index is 328. The first-order valence-corrected chi connectivity index (χ1v) is 6.43. The van der Waals surface area contributed by atoms with Gasteiger partial charge >= 0.3 is 0 Å². The van der Waals surface area contributed by atoms with Crippen molar-refractivity contribution in [3.05, 3.63) is 35.9 Å². The van der Waals surface area contributed by atoms with Crippen LogP contribution in [0.25, 0.3) is 0 Å². The van der Waals surface area contributed by atoms with Crippen molar-refractivity contribution in [3.63, 3.8) is 0 Å². The Kier molecular flexibility index (Phi) is 5.92. The van der Waals surface area contributed by atoms with Crippen molar-refractivity contribution < 1.29 is 9.90 Å². The summed E-state index contributed by atoms with van der Waals surface area (Å²) >= 11 is 0. The molecule has 2 nitrogen and oxygen atoms in total. The first-order chi connectivity index (χ1) is 8.19. The van der Waals surface area contributed by atoms with E-state index in [9.17, 15) is 9.90 Å². The number of hydrogen-bond donors (Lipinski definition) is 1. The van der Waals surface area contributed by atoms with Gasteiger partial charge in [0.15, 0.2) is 5.78 Å². The van der Waals surface area contributed by atoms with E-state index < -0.39 is 6.10 Å². The zero-order chi connectivity index (χ0) is 12.7. The molecule has 0 saturated carbocycles. The quantitative estimate of drug-likeness (QED) is 0.787. The van der Waals surface area contributed by atoms with Crippen LogP contribution < -0.4 is 0 Å². The normalized spacial score (nSPS) is 12.7. The lowest BCUT2D eigenvalue weighted by atomic mass is 9.91. The predicted molar refractivity (Wildman–Crippen MR) is 69.8 cm³/mol. The first-order valence-electron chi connectivity index (χ1n) is 6.43. The van der Waals surface area contributed by atoms with Gasteiger partial charge in [0.05, 0.1) is 0 Å². The topological polar surface area (TPSA) is 37.3 Å². The van der Waals surface area contributed by atoms with Gasteiger partial charge in [0.1, 0.15) is 6.10 Å². The highest BCUT2D eigenvalue weighted by Crippen LogP contribution is 2.16. The minimum atomic E-state index is -0.784. The molecule has 0 saturated heterocycles. The highest BCUT2D eigenvalue weighted by molar-refractivity contribution is 5.83. The molecule has 1 rings (SSSR count). The van der Waals surface area contributed by atoms with E-state index in [2.05, 4.69) is 0 Å². The predicted octanol–water partition coefficient (Wildman–Crippen LogP) is 2.99. The Labute approximate surface area is 104 Å². The number of aryl methyl sites for hydroxylation is 1. The van der Waals surface area contributed by atoms with E-state index in [0.717, 1.165) is 24.8 Å². The van der Waals surface area contributed by atoms with E-state index >= 15 is 0 Å². The molecule has 0 heterocycles. The summed E-state index contributed by atoms with van der Waals surface area (Å²) in [4.78, 5) is 11.8. The van der Waals surface area contributed by atoms with Crippen molar-refractivity contribution in [2.45, 2.75) is 45.6 Å². The minimum absolute atomic E-state index is 0.0254. The van der Waals surface area contributed by atoms with Crippen LogP contribution in [0.15, 0.2) is 30.3 Å². The van der Waals surface area contributed by atoms with Gasteiger partial charge < -0.3 is 5.11 Å². The fraction of sp³-hybridized carbons (Fsp3) is 0.533. The van der Waals surface area contributed by atoms with Crippen LogP contribution in [0, 0.1) is 5.92 Å². The molecular formula is C15H22O2. The Hall–Kier alpha value is -1.15. The summed E-state index contributed by atoms with van der Waals surface area (Å²) in [6.07, 6.45) is 2.08. The average Bonchev–Trinajstić information content (AvgIpc) is 2.38. The number of aliphatic hydroxyl groups excluding tert-OH is 1. The molecule has 1 aromatic rings. The van der Waals surface area contributed by atoms with Crippen molar-refractivity contribution in [2.24, 2.45) is 5.92 Å². The Morgan fingerprint density at radius 3 is 2.29 bits per heavy atom. The van der Waals surface area contributed by atoms with Gasteiger partial charge in [-0.1, -0.05) is 57.0 Å². The minimum Gasteiger partial charge on any atom is -0.385 e. The maximum atomic E-state index is 11.8. The highest BCUT2D eigenvalue weighted by Gasteiger charge is 2.22. The van der Waals surface area contributed by atoms with Crippen molar-refractivity contribution >= 4 is 5.78 Å². The van der Waals surface area contributed by atoms with Crippen LogP contribution in [0.3, 0.4) is 0 Å². The molecule has 2 heteroatoms. The molecule has 0 aliphatic rings. The van der Waals surface area contributed by atoms with E-state index in [1.54, 1.807) is 0 Å². The fourth-order valence-electron chi connectivity index (χ4n) is 2.06. The number of rotatable bonds is 7. The van der Waals surface area contributed by atoms with Gasteiger partial charge in [-0.05, 0) is 17.9 Å². The second-order valence-corrected chi connectivity index (χ2v) is 4.47. The monoisotopic (exact) mass is 234 g/mol. The Morgan fingerprint density at radius 2 is 1.76 bits per heavy atom. The fourth-order valence-corrected chi connectivity index (χ4v) is 2.06. The number of carbonyl (C=O) groups is 1. The number of aliphatic hydroxyl groups is 1. The van der Waals surface area contributed by atoms with Crippen LogP contribution in [0.5, 0.6) is 0 Å². The van der Waals surface area contributed by atoms with Crippen LogP contribution in [-0.2, 0) is 11.2 Å². The average molecular weight is 234 g/mol. The molecule has 0 radical (unpaired) electrons. The molecule has 0 aliphatic carbocycles. The summed E-state index contributed by atoms with van der Waals surface area (Å²) in [5.74, 6) is 0.0841. The molecule has 0 aromatic heterocycles. The molecular weight excluding hydrogens is 212 g/mol.